The smallest absolute Gasteiger partial charge is 0.305 e. The van der Waals surface area contributed by atoms with Crippen molar-refractivity contribution in [1.82, 2.24) is 9.80 Å². The molecule has 0 radical (unpaired) electrons. The summed E-state index contributed by atoms with van der Waals surface area (Å²) in [6, 6.07) is 6.89. The van der Waals surface area contributed by atoms with Gasteiger partial charge in [0, 0.05) is 20.0 Å². The number of rotatable bonds is 5. The maximum atomic E-state index is 13.0. The van der Waals surface area contributed by atoms with Crippen LogP contribution in [0.5, 0.6) is 0 Å². The van der Waals surface area contributed by atoms with Gasteiger partial charge >= 0.3 is 5.97 Å². The zero-order chi connectivity index (χ0) is 19.1. The van der Waals surface area contributed by atoms with Gasteiger partial charge in [-0.05, 0) is 25.5 Å². The van der Waals surface area contributed by atoms with E-state index >= 15 is 0 Å². The van der Waals surface area contributed by atoms with E-state index in [2.05, 4.69) is 0 Å². The number of hydrogen-bond donors (Lipinski definition) is 1. The monoisotopic (exact) mass is 359 g/mol. The number of carboxylic acid groups (broad SMARTS) is 1. The highest BCUT2D eigenvalue weighted by Crippen LogP contribution is 2.43. The minimum absolute atomic E-state index is 0.0617. The molecule has 0 spiro atoms. The number of aliphatic carboxylic acids is 1. The molecule has 26 heavy (non-hydrogen) atoms. The van der Waals surface area contributed by atoms with E-state index in [4.69, 9.17) is 5.11 Å². The highest BCUT2D eigenvalue weighted by molar-refractivity contribution is 6.11. The van der Waals surface area contributed by atoms with Crippen LogP contribution in [0.25, 0.3) is 0 Å². The Morgan fingerprint density at radius 3 is 2.65 bits per heavy atom. The highest BCUT2D eigenvalue weighted by Gasteiger charge is 2.53. The average Bonchev–Trinajstić information content (AvgIpc) is 2.92. The Balaban J connectivity index is 1.90. The number of benzene rings is 1. The molecule has 2 heterocycles. The van der Waals surface area contributed by atoms with E-state index in [0.29, 0.717) is 24.1 Å². The van der Waals surface area contributed by atoms with Crippen molar-refractivity contribution >= 4 is 29.4 Å². The van der Waals surface area contributed by atoms with E-state index in [9.17, 15) is 19.2 Å². The molecule has 2 aliphatic heterocycles. The lowest BCUT2D eigenvalue weighted by atomic mass is 9.98. The fraction of sp³-hybridized carbons (Fsp3) is 0.444. The zero-order valence-electron chi connectivity index (χ0n) is 14.8. The maximum Gasteiger partial charge on any atom is 0.305 e. The quantitative estimate of drug-likeness (QED) is 0.843. The van der Waals surface area contributed by atoms with Crippen LogP contribution in [0.4, 0.5) is 5.69 Å². The molecule has 138 valence electrons. The summed E-state index contributed by atoms with van der Waals surface area (Å²) in [5.74, 6) is -1.73. The van der Waals surface area contributed by atoms with E-state index in [0.717, 1.165) is 0 Å². The lowest BCUT2D eigenvalue weighted by molar-refractivity contribution is -0.138. The fourth-order valence-corrected chi connectivity index (χ4v) is 3.59. The van der Waals surface area contributed by atoms with Gasteiger partial charge in [0.1, 0.15) is 12.2 Å². The van der Waals surface area contributed by atoms with Gasteiger partial charge in [-0.2, -0.15) is 0 Å². The molecule has 0 aromatic heterocycles. The van der Waals surface area contributed by atoms with Crippen molar-refractivity contribution in [3.63, 3.8) is 0 Å². The number of carboxylic acids is 1. The number of carbonyl (C=O) groups excluding carboxylic acids is 3. The second-order valence-corrected chi connectivity index (χ2v) is 6.81. The lowest BCUT2D eigenvalue weighted by Gasteiger charge is -2.48. The molecule has 1 N–H and O–H groups in total. The van der Waals surface area contributed by atoms with Crippen molar-refractivity contribution < 1.29 is 24.3 Å². The van der Waals surface area contributed by atoms with E-state index in [1.54, 1.807) is 36.1 Å². The predicted molar refractivity (Wildman–Crippen MR) is 92.5 cm³/mol. The number of nitrogens with zero attached hydrogens (tertiary/aromatic N) is 3. The number of hydrogen-bond acceptors (Lipinski definition) is 4. The molecule has 1 atom stereocenters. The molecule has 2 aliphatic rings. The molecular weight excluding hydrogens is 338 g/mol. The van der Waals surface area contributed by atoms with Gasteiger partial charge in [0.25, 0.3) is 5.91 Å². The molecule has 1 aromatic carbocycles. The first-order chi connectivity index (χ1) is 12.3. The van der Waals surface area contributed by atoms with E-state index in [1.807, 2.05) is 0 Å². The number of fused-ring (bicyclic) bond motifs is 3. The summed E-state index contributed by atoms with van der Waals surface area (Å²) in [5, 5.41) is 8.76. The highest BCUT2D eigenvalue weighted by atomic mass is 16.4. The third kappa shape index (κ3) is 2.81. The number of carbonyl (C=O) groups is 4. The molecule has 3 rings (SSSR count). The summed E-state index contributed by atoms with van der Waals surface area (Å²) >= 11 is 0. The second kappa shape index (κ2) is 6.44. The summed E-state index contributed by atoms with van der Waals surface area (Å²) in [4.78, 5) is 53.0. The van der Waals surface area contributed by atoms with Crippen molar-refractivity contribution in [2.45, 2.75) is 31.8 Å². The van der Waals surface area contributed by atoms with Crippen LogP contribution in [0.3, 0.4) is 0 Å². The molecular formula is C18H21N3O5. The molecule has 0 saturated carbocycles. The number of likely N-dealkylation sites (N-methyl/N-ethyl adjacent to an activating group) is 1. The van der Waals surface area contributed by atoms with Gasteiger partial charge in [-0.3, -0.25) is 24.1 Å². The van der Waals surface area contributed by atoms with Crippen molar-refractivity contribution in [1.29, 1.82) is 0 Å². The Kier molecular flexibility index (Phi) is 4.43. The van der Waals surface area contributed by atoms with Gasteiger partial charge in [0.2, 0.25) is 11.8 Å². The minimum Gasteiger partial charge on any atom is -0.481 e. The van der Waals surface area contributed by atoms with Crippen LogP contribution >= 0.6 is 0 Å². The van der Waals surface area contributed by atoms with E-state index in [-0.39, 0.29) is 37.2 Å². The van der Waals surface area contributed by atoms with Crippen LogP contribution in [-0.4, -0.2) is 64.4 Å². The SMILES string of the molecule is CN(CCC(=O)O)C(=O)CN1C(=O)c2ccccc2N2C(=O)CCC12C. The lowest BCUT2D eigenvalue weighted by Crippen LogP contribution is -2.63. The fourth-order valence-electron chi connectivity index (χ4n) is 3.59. The molecule has 8 heteroatoms. The van der Waals surface area contributed by atoms with Gasteiger partial charge in [0.15, 0.2) is 0 Å². The standard InChI is InChI=1S/C18H21N3O5/c1-18-9-7-14(22)21(18)13-6-4-3-5-12(13)17(26)20(18)11-15(23)19(2)10-8-16(24)25/h3-6H,7-11H2,1-2H3,(H,24,25). The Hall–Kier alpha value is -2.90. The molecule has 3 amide bonds. The first kappa shape index (κ1) is 17.9. The zero-order valence-corrected chi connectivity index (χ0v) is 14.8. The van der Waals surface area contributed by atoms with Gasteiger partial charge in [-0.1, -0.05) is 12.1 Å². The Morgan fingerprint density at radius 2 is 1.96 bits per heavy atom. The number of amides is 3. The topological polar surface area (TPSA) is 98.2 Å². The van der Waals surface area contributed by atoms with Crippen molar-refractivity contribution in [2.24, 2.45) is 0 Å². The van der Waals surface area contributed by atoms with Gasteiger partial charge < -0.3 is 14.9 Å². The van der Waals surface area contributed by atoms with E-state index < -0.39 is 11.6 Å². The molecule has 1 fully saturated rings. The summed E-state index contributed by atoms with van der Waals surface area (Å²) in [6.45, 7) is 1.64. The van der Waals surface area contributed by atoms with Crippen molar-refractivity contribution in [2.75, 3.05) is 25.0 Å². The van der Waals surface area contributed by atoms with Crippen molar-refractivity contribution in [3.05, 3.63) is 29.8 Å². The molecule has 0 bridgehead atoms. The summed E-state index contributed by atoms with van der Waals surface area (Å²) in [7, 11) is 1.51. The van der Waals surface area contributed by atoms with Gasteiger partial charge in [-0.25, -0.2) is 0 Å². The number of para-hydroxylation sites is 1. The van der Waals surface area contributed by atoms with Crippen LogP contribution in [0, 0.1) is 0 Å². The Bertz CT molecular complexity index is 793. The van der Waals surface area contributed by atoms with Crippen molar-refractivity contribution in [3.8, 4) is 0 Å². The summed E-state index contributed by atoms with van der Waals surface area (Å²) in [6.07, 6.45) is 0.580. The largest absolute Gasteiger partial charge is 0.481 e. The molecule has 1 saturated heterocycles. The normalized spacial score (nSPS) is 21.5. The van der Waals surface area contributed by atoms with Gasteiger partial charge in [0.05, 0.1) is 17.7 Å². The molecule has 1 aromatic rings. The second-order valence-electron chi connectivity index (χ2n) is 6.81. The first-order valence-electron chi connectivity index (χ1n) is 8.45. The minimum atomic E-state index is -0.993. The van der Waals surface area contributed by atoms with Crippen LogP contribution in [0.2, 0.25) is 0 Å². The Labute approximate surface area is 151 Å². The Morgan fingerprint density at radius 1 is 1.27 bits per heavy atom. The third-order valence-corrected chi connectivity index (χ3v) is 5.13. The number of anilines is 1. The van der Waals surface area contributed by atoms with E-state index in [1.165, 1.54) is 16.8 Å². The van der Waals surface area contributed by atoms with Gasteiger partial charge in [-0.15, -0.1) is 0 Å². The third-order valence-electron chi connectivity index (χ3n) is 5.13. The average molecular weight is 359 g/mol. The van der Waals surface area contributed by atoms with Crippen LogP contribution in [0.1, 0.15) is 36.5 Å². The first-order valence-corrected chi connectivity index (χ1v) is 8.45. The van der Waals surface area contributed by atoms with Crippen LogP contribution in [0.15, 0.2) is 24.3 Å². The predicted octanol–water partition coefficient (Wildman–Crippen LogP) is 0.918. The van der Waals surface area contributed by atoms with Crippen LogP contribution < -0.4 is 4.90 Å². The molecule has 8 nitrogen and oxygen atoms in total. The summed E-state index contributed by atoms with van der Waals surface area (Å²) in [5.41, 5.74) is 0.0675. The van der Waals surface area contributed by atoms with Crippen LogP contribution in [-0.2, 0) is 14.4 Å². The molecule has 1 unspecified atom stereocenters. The summed E-state index contributed by atoms with van der Waals surface area (Å²) < 4.78 is 0. The maximum absolute atomic E-state index is 13.0. The molecule has 0 aliphatic carbocycles.